The first-order chi connectivity index (χ1) is 8.99. The van der Waals surface area contributed by atoms with E-state index >= 15 is 0 Å². The van der Waals surface area contributed by atoms with Gasteiger partial charge in [0.15, 0.2) is 0 Å². The summed E-state index contributed by atoms with van der Waals surface area (Å²) in [4.78, 5) is 17.4. The molecule has 1 aromatic heterocycles. The van der Waals surface area contributed by atoms with Gasteiger partial charge in [-0.3, -0.25) is 4.79 Å². The van der Waals surface area contributed by atoms with Crippen molar-refractivity contribution in [1.29, 1.82) is 0 Å². The molecule has 19 heavy (non-hydrogen) atoms. The molecular weight excluding hydrogens is 264 g/mol. The molecule has 1 aliphatic heterocycles. The first kappa shape index (κ1) is 14.1. The Morgan fingerprint density at radius 3 is 2.58 bits per heavy atom. The van der Waals surface area contributed by atoms with Crippen molar-refractivity contribution in [1.82, 2.24) is 4.98 Å². The second-order valence-corrected chi connectivity index (χ2v) is 5.74. The largest absolute Gasteiger partial charge is 0.481 e. The highest BCUT2D eigenvalue weighted by molar-refractivity contribution is 6.33. The van der Waals surface area contributed by atoms with Gasteiger partial charge in [-0.05, 0) is 30.4 Å². The van der Waals surface area contributed by atoms with Crippen LogP contribution in [0.2, 0.25) is 5.02 Å². The molecule has 2 heterocycles. The minimum atomic E-state index is -0.700. The molecule has 0 bridgehead atoms. The highest BCUT2D eigenvalue weighted by atomic mass is 35.5. The summed E-state index contributed by atoms with van der Waals surface area (Å²) in [7, 11) is 0. The van der Waals surface area contributed by atoms with Crippen LogP contribution in [0.3, 0.4) is 0 Å². The molecule has 0 unspecified atom stereocenters. The van der Waals surface area contributed by atoms with Gasteiger partial charge < -0.3 is 10.0 Å². The summed E-state index contributed by atoms with van der Waals surface area (Å²) in [5.41, 5.74) is 1.12. The van der Waals surface area contributed by atoms with Crippen LogP contribution in [0.5, 0.6) is 0 Å². The average molecular weight is 283 g/mol. The molecule has 1 saturated heterocycles. The van der Waals surface area contributed by atoms with E-state index in [0.717, 1.165) is 11.4 Å². The van der Waals surface area contributed by atoms with Gasteiger partial charge >= 0.3 is 5.97 Å². The van der Waals surface area contributed by atoms with E-state index in [0.29, 0.717) is 36.9 Å². The van der Waals surface area contributed by atoms with Gasteiger partial charge in [-0.1, -0.05) is 25.4 Å². The Bertz CT molecular complexity index is 469. The zero-order chi connectivity index (χ0) is 14.0. The molecule has 0 saturated carbocycles. The van der Waals surface area contributed by atoms with Crippen molar-refractivity contribution in [2.45, 2.75) is 32.6 Å². The van der Waals surface area contributed by atoms with Gasteiger partial charge in [0, 0.05) is 19.3 Å². The Hall–Kier alpha value is -1.29. The summed E-state index contributed by atoms with van der Waals surface area (Å²) in [6.45, 7) is 5.60. The smallest absolute Gasteiger partial charge is 0.306 e. The predicted molar refractivity (Wildman–Crippen MR) is 75.9 cm³/mol. The van der Waals surface area contributed by atoms with Crippen molar-refractivity contribution in [2.24, 2.45) is 5.92 Å². The molecule has 0 aromatic carbocycles. The van der Waals surface area contributed by atoms with Crippen molar-refractivity contribution in [3.63, 3.8) is 0 Å². The summed E-state index contributed by atoms with van der Waals surface area (Å²) >= 11 is 6.29. The zero-order valence-electron chi connectivity index (χ0n) is 11.3. The minimum absolute atomic E-state index is 0.232. The van der Waals surface area contributed by atoms with Crippen LogP contribution in [-0.2, 0) is 4.79 Å². The van der Waals surface area contributed by atoms with Gasteiger partial charge in [0.1, 0.15) is 5.82 Å². The summed E-state index contributed by atoms with van der Waals surface area (Å²) in [6, 6.07) is 1.96. The second-order valence-electron chi connectivity index (χ2n) is 5.33. The van der Waals surface area contributed by atoms with E-state index in [1.165, 1.54) is 0 Å². The molecule has 4 nitrogen and oxygen atoms in total. The first-order valence-corrected chi connectivity index (χ1v) is 7.00. The molecule has 5 heteroatoms. The van der Waals surface area contributed by atoms with E-state index in [1.54, 1.807) is 0 Å². The molecular formula is C14H19ClN2O2. The highest BCUT2D eigenvalue weighted by Crippen LogP contribution is 2.30. The van der Waals surface area contributed by atoms with Gasteiger partial charge in [-0.25, -0.2) is 4.98 Å². The van der Waals surface area contributed by atoms with Crippen LogP contribution in [-0.4, -0.2) is 29.1 Å². The first-order valence-electron chi connectivity index (χ1n) is 6.62. The predicted octanol–water partition coefficient (Wildman–Crippen LogP) is 3.16. The topological polar surface area (TPSA) is 53.4 Å². The van der Waals surface area contributed by atoms with Crippen molar-refractivity contribution < 1.29 is 9.90 Å². The van der Waals surface area contributed by atoms with E-state index in [-0.39, 0.29) is 5.92 Å². The Balaban J connectivity index is 2.09. The fourth-order valence-electron chi connectivity index (χ4n) is 2.33. The Morgan fingerprint density at radius 1 is 1.47 bits per heavy atom. The monoisotopic (exact) mass is 282 g/mol. The zero-order valence-corrected chi connectivity index (χ0v) is 12.0. The van der Waals surface area contributed by atoms with Crippen molar-refractivity contribution >= 4 is 23.4 Å². The fourth-order valence-corrected chi connectivity index (χ4v) is 2.63. The number of aliphatic carboxylic acids is 1. The quantitative estimate of drug-likeness (QED) is 0.925. The number of aromatic nitrogens is 1. The summed E-state index contributed by atoms with van der Waals surface area (Å²) in [6.07, 6.45) is 3.16. The molecule has 0 radical (unpaired) electrons. The average Bonchev–Trinajstić information content (AvgIpc) is 2.38. The lowest BCUT2D eigenvalue weighted by Crippen LogP contribution is -2.36. The fraction of sp³-hybridized carbons (Fsp3) is 0.571. The summed E-state index contributed by atoms with van der Waals surface area (Å²) in [5, 5.41) is 9.64. The van der Waals surface area contributed by atoms with Crippen LogP contribution in [0, 0.1) is 5.92 Å². The maximum absolute atomic E-state index is 10.9. The molecule has 0 spiro atoms. The van der Waals surface area contributed by atoms with E-state index in [2.05, 4.69) is 23.7 Å². The number of halogens is 1. The lowest BCUT2D eigenvalue weighted by Gasteiger charge is -2.31. The number of pyridine rings is 1. The van der Waals surface area contributed by atoms with E-state index in [4.69, 9.17) is 16.7 Å². The number of piperidine rings is 1. The molecule has 1 fully saturated rings. The van der Waals surface area contributed by atoms with Crippen LogP contribution in [0.15, 0.2) is 12.3 Å². The van der Waals surface area contributed by atoms with Crippen molar-refractivity contribution in [2.75, 3.05) is 18.0 Å². The third-order valence-corrected chi connectivity index (χ3v) is 3.93. The molecule has 104 valence electrons. The minimum Gasteiger partial charge on any atom is -0.481 e. The highest BCUT2D eigenvalue weighted by Gasteiger charge is 2.26. The molecule has 0 amide bonds. The van der Waals surface area contributed by atoms with Crippen LogP contribution < -0.4 is 4.90 Å². The number of rotatable bonds is 3. The summed E-state index contributed by atoms with van der Waals surface area (Å²) < 4.78 is 0. The maximum Gasteiger partial charge on any atom is 0.306 e. The maximum atomic E-state index is 10.9. The Labute approximate surface area is 118 Å². The Morgan fingerprint density at radius 2 is 2.11 bits per heavy atom. The second kappa shape index (κ2) is 5.78. The third-order valence-electron chi connectivity index (χ3n) is 3.65. The molecule has 1 N–H and O–H groups in total. The van der Waals surface area contributed by atoms with Gasteiger partial charge in [0.2, 0.25) is 0 Å². The van der Waals surface area contributed by atoms with Gasteiger partial charge in [0.25, 0.3) is 0 Å². The van der Waals surface area contributed by atoms with E-state index in [9.17, 15) is 4.79 Å². The lowest BCUT2D eigenvalue weighted by molar-refractivity contribution is -0.142. The van der Waals surface area contributed by atoms with Crippen LogP contribution in [0.25, 0.3) is 0 Å². The number of nitrogens with zero attached hydrogens (tertiary/aromatic N) is 2. The van der Waals surface area contributed by atoms with Crippen molar-refractivity contribution in [3.05, 3.63) is 22.8 Å². The number of carboxylic acid groups (broad SMARTS) is 1. The summed E-state index contributed by atoms with van der Waals surface area (Å²) in [5.74, 6) is 0.241. The standard InChI is InChI=1S/C14H19ClN2O2/c1-9(2)11-7-12(15)13(16-8-11)17-5-3-10(4-6-17)14(18)19/h7-10H,3-6H2,1-2H3,(H,18,19). The van der Waals surface area contributed by atoms with Crippen LogP contribution in [0.4, 0.5) is 5.82 Å². The van der Waals surface area contributed by atoms with Crippen LogP contribution in [0.1, 0.15) is 38.2 Å². The lowest BCUT2D eigenvalue weighted by atomic mass is 9.97. The number of hydrogen-bond acceptors (Lipinski definition) is 3. The molecule has 2 rings (SSSR count). The number of carbonyl (C=O) groups is 1. The van der Waals surface area contributed by atoms with Crippen molar-refractivity contribution in [3.8, 4) is 0 Å². The Kier molecular flexibility index (Phi) is 4.30. The normalized spacial score (nSPS) is 16.9. The number of carboxylic acids is 1. The third kappa shape index (κ3) is 3.18. The van der Waals surface area contributed by atoms with Gasteiger partial charge in [0.05, 0.1) is 10.9 Å². The SMILES string of the molecule is CC(C)c1cnc(N2CCC(C(=O)O)CC2)c(Cl)c1. The van der Waals surface area contributed by atoms with Gasteiger partial charge in [-0.2, -0.15) is 0 Å². The molecule has 0 atom stereocenters. The van der Waals surface area contributed by atoms with Gasteiger partial charge in [-0.15, -0.1) is 0 Å². The van der Waals surface area contributed by atoms with Crippen LogP contribution >= 0.6 is 11.6 Å². The van der Waals surface area contributed by atoms with E-state index in [1.807, 2.05) is 12.3 Å². The molecule has 1 aromatic rings. The molecule has 1 aliphatic rings. The number of hydrogen-bond donors (Lipinski definition) is 1. The molecule has 0 aliphatic carbocycles. The van der Waals surface area contributed by atoms with E-state index < -0.39 is 5.97 Å². The number of anilines is 1.